The number of hydrogen-bond acceptors (Lipinski definition) is 3. The molecule has 0 aliphatic carbocycles. The van der Waals surface area contributed by atoms with Gasteiger partial charge in [0.15, 0.2) is 0 Å². The summed E-state index contributed by atoms with van der Waals surface area (Å²) in [6.45, 7) is 4.24. The van der Waals surface area contributed by atoms with Crippen molar-refractivity contribution in [3.63, 3.8) is 0 Å². The number of carbonyl (C=O) groups is 1. The van der Waals surface area contributed by atoms with Gasteiger partial charge in [0, 0.05) is 25.3 Å². The van der Waals surface area contributed by atoms with Crippen LogP contribution in [0.4, 0.5) is 4.39 Å². The van der Waals surface area contributed by atoms with E-state index in [1.54, 1.807) is 18.1 Å². The molecule has 4 nitrogen and oxygen atoms in total. The smallest absolute Gasteiger partial charge is 0.257 e. The first-order valence-electron chi connectivity index (χ1n) is 6.70. The van der Waals surface area contributed by atoms with Gasteiger partial charge < -0.3 is 14.7 Å². The molecule has 0 spiro atoms. The van der Waals surface area contributed by atoms with Gasteiger partial charge in [-0.1, -0.05) is 11.8 Å². The molecule has 21 heavy (non-hydrogen) atoms. The number of nitrogens with zero attached hydrogens (tertiary/aromatic N) is 1. The van der Waals surface area contributed by atoms with Crippen LogP contribution in [-0.4, -0.2) is 48.8 Å². The summed E-state index contributed by atoms with van der Waals surface area (Å²) < 4.78 is 19.0. The van der Waals surface area contributed by atoms with Crippen molar-refractivity contribution in [2.45, 2.75) is 19.9 Å². The molecular weight excluding hydrogens is 273 g/mol. The number of benzene rings is 1. The van der Waals surface area contributed by atoms with Crippen molar-refractivity contribution in [3.05, 3.63) is 35.1 Å². The Hall–Kier alpha value is -1.90. The van der Waals surface area contributed by atoms with Crippen LogP contribution in [0, 0.1) is 17.7 Å². The number of halogens is 1. The number of methoxy groups -OCH3 is 1. The average Bonchev–Trinajstić information content (AvgIpc) is 2.45. The minimum absolute atomic E-state index is 0.00866. The maximum absolute atomic E-state index is 14.1. The molecule has 1 aromatic carbocycles. The maximum atomic E-state index is 14.1. The first kappa shape index (κ1) is 17.2. The molecule has 0 radical (unpaired) electrons. The Bertz CT molecular complexity index is 546. The highest BCUT2D eigenvalue weighted by molar-refractivity contribution is 5.94. The van der Waals surface area contributed by atoms with Gasteiger partial charge in [-0.05, 0) is 32.0 Å². The number of carbonyl (C=O) groups excluding carboxylic acids is 1. The number of ether oxygens (including phenoxy) is 1. The van der Waals surface area contributed by atoms with Gasteiger partial charge in [-0.15, -0.1) is 0 Å². The van der Waals surface area contributed by atoms with Gasteiger partial charge in [0.25, 0.3) is 5.91 Å². The normalized spacial score (nSPS) is 10.2. The van der Waals surface area contributed by atoms with Crippen LogP contribution >= 0.6 is 0 Å². The molecular formula is C16H20FNO3. The number of amides is 1. The summed E-state index contributed by atoms with van der Waals surface area (Å²) in [4.78, 5) is 13.9. The fourth-order valence-electron chi connectivity index (χ4n) is 1.85. The Morgan fingerprint density at radius 3 is 2.71 bits per heavy atom. The first-order valence-corrected chi connectivity index (χ1v) is 6.70. The lowest BCUT2D eigenvalue weighted by Crippen LogP contribution is -2.39. The lowest BCUT2D eigenvalue weighted by atomic mass is 10.1. The molecule has 0 atom stereocenters. The molecule has 0 saturated carbocycles. The van der Waals surface area contributed by atoms with Gasteiger partial charge in [0.05, 0.1) is 12.2 Å². The molecule has 0 bridgehead atoms. The third-order valence-electron chi connectivity index (χ3n) is 2.93. The molecule has 0 aliphatic rings. The molecule has 0 aliphatic heterocycles. The lowest BCUT2D eigenvalue weighted by Gasteiger charge is -2.26. The fraction of sp³-hybridized carbons (Fsp3) is 0.438. The highest BCUT2D eigenvalue weighted by atomic mass is 19.1. The minimum atomic E-state index is -0.618. The van der Waals surface area contributed by atoms with Crippen molar-refractivity contribution >= 4 is 5.91 Å². The van der Waals surface area contributed by atoms with Crippen LogP contribution in [-0.2, 0) is 4.74 Å². The van der Waals surface area contributed by atoms with Crippen molar-refractivity contribution in [3.8, 4) is 11.8 Å². The quantitative estimate of drug-likeness (QED) is 0.840. The van der Waals surface area contributed by atoms with Gasteiger partial charge in [-0.2, -0.15) is 0 Å². The zero-order chi connectivity index (χ0) is 15.8. The summed E-state index contributed by atoms with van der Waals surface area (Å²) in [5.74, 6) is 4.05. The molecule has 1 aromatic rings. The second-order valence-electron chi connectivity index (χ2n) is 4.74. The molecule has 1 amide bonds. The van der Waals surface area contributed by atoms with Crippen molar-refractivity contribution < 1.29 is 19.0 Å². The van der Waals surface area contributed by atoms with E-state index in [0.29, 0.717) is 18.7 Å². The van der Waals surface area contributed by atoms with E-state index >= 15 is 0 Å². The van der Waals surface area contributed by atoms with E-state index in [1.165, 1.54) is 12.1 Å². The monoisotopic (exact) mass is 293 g/mol. The molecule has 0 heterocycles. The summed E-state index contributed by atoms with van der Waals surface area (Å²) in [6, 6.07) is 4.13. The average molecular weight is 293 g/mol. The first-order chi connectivity index (χ1) is 10.0. The SMILES string of the molecule is COCCN(C(=O)c1ccc(C#CCO)cc1F)C(C)C. The molecule has 114 valence electrons. The van der Waals surface area contributed by atoms with Crippen LogP contribution in [0.5, 0.6) is 0 Å². The number of aliphatic hydroxyl groups excluding tert-OH is 1. The Labute approximate surface area is 124 Å². The van der Waals surface area contributed by atoms with Crippen molar-refractivity contribution in [2.24, 2.45) is 0 Å². The highest BCUT2D eigenvalue weighted by Crippen LogP contribution is 2.14. The van der Waals surface area contributed by atoms with E-state index in [1.807, 2.05) is 13.8 Å². The van der Waals surface area contributed by atoms with Gasteiger partial charge in [0.1, 0.15) is 12.4 Å². The van der Waals surface area contributed by atoms with Crippen LogP contribution in [0.3, 0.4) is 0 Å². The number of aliphatic hydroxyl groups is 1. The standard InChI is InChI=1S/C16H20FNO3/c1-12(2)18(8-10-21-3)16(20)14-7-6-13(5-4-9-19)11-15(14)17/h6-7,11-12,19H,8-10H2,1-3H3. The van der Waals surface area contributed by atoms with Gasteiger partial charge in [-0.3, -0.25) is 4.79 Å². The van der Waals surface area contributed by atoms with Crippen molar-refractivity contribution in [1.29, 1.82) is 0 Å². The van der Waals surface area contributed by atoms with Crippen LogP contribution in [0.2, 0.25) is 0 Å². The summed E-state index contributed by atoms with van der Waals surface area (Å²) >= 11 is 0. The Morgan fingerprint density at radius 1 is 1.48 bits per heavy atom. The van der Waals surface area contributed by atoms with Gasteiger partial charge in [-0.25, -0.2) is 4.39 Å². The van der Waals surface area contributed by atoms with E-state index in [-0.39, 0.29) is 24.1 Å². The number of rotatable bonds is 5. The van der Waals surface area contributed by atoms with Crippen LogP contribution < -0.4 is 0 Å². The highest BCUT2D eigenvalue weighted by Gasteiger charge is 2.21. The molecule has 1 rings (SSSR count). The summed E-state index contributed by atoms with van der Waals surface area (Å²) in [7, 11) is 1.55. The van der Waals surface area contributed by atoms with E-state index < -0.39 is 5.82 Å². The molecule has 0 aromatic heterocycles. The van der Waals surface area contributed by atoms with E-state index in [0.717, 1.165) is 0 Å². The third-order valence-corrected chi connectivity index (χ3v) is 2.93. The second kappa shape index (κ2) is 8.40. The maximum Gasteiger partial charge on any atom is 0.257 e. The molecule has 1 N–H and O–H groups in total. The fourth-order valence-corrected chi connectivity index (χ4v) is 1.85. The van der Waals surface area contributed by atoms with Crippen molar-refractivity contribution in [2.75, 3.05) is 26.9 Å². The van der Waals surface area contributed by atoms with Crippen molar-refractivity contribution in [1.82, 2.24) is 4.90 Å². The predicted molar refractivity (Wildman–Crippen MR) is 78.4 cm³/mol. The predicted octanol–water partition coefficient (Wildman–Crippen LogP) is 1.67. The third kappa shape index (κ3) is 4.85. The van der Waals surface area contributed by atoms with Crippen LogP contribution in [0.1, 0.15) is 29.8 Å². The molecule has 0 saturated heterocycles. The molecule has 0 fully saturated rings. The zero-order valence-electron chi connectivity index (χ0n) is 12.5. The summed E-state index contributed by atoms with van der Waals surface area (Å²) in [5, 5.41) is 8.62. The Morgan fingerprint density at radius 2 is 2.19 bits per heavy atom. The summed E-state index contributed by atoms with van der Waals surface area (Å²) in [6.07, 6.45) is 0. The topological polar surface area (TPSA) is 49.8 Å². The molecule has 0 unspecified atom stereocenters. The van der Waals surface area contributed by atoms with E-state index in [2.05, 4.69) is 11.8 Å². The summed E-state index contributed by atoms with van der Waals surface area (Å²) in [5.41, 5.74) is 0.431. The van der Waals surface area contributed by atoms with Crippen LogP contribution in [0.25, 0.3) is 0 Å². The Kier molecular flexibility index (Phi) is 6.86. The van der Waals surface area contributed by atoms with E-state index in [4.69, 9.17) is 9.84 Å². The largest absolute Gasteiger partial charge is 0.384 e. The zero-order valence-corrected chi connectivity index (χ0v) is 12.5. The number of hydrogen-bond donors (Lipinski definition) is 1. The van der Waals surface area contributed by atoms with Crippen LogP contribution in [0.15, 0.2) is 18.2 Å². The van der Waals surface area contributed by atoms with Gasteiger partial charge in [0.2, 0.25) is 0 Å². The van der Waals surface area contributed by atoms with Gasteiger partial charge >= 0.3 is 0 Å². The lowest BCUT2D eigenvalue weighted by molar-refractivity contribution is 0.0630. The second-order valence-corrected chi connectivity index (χ2v) is 4.74. The van der Waals surface area contributed by atoms with E-state index in [9.17, 15) is 9.18 Å². The molecule has 5 heteroatoms. The Balaban J connectivity index is 3.00. The minimum Gasteiger partial charge on any atom is -0.384 e.